The fraction of sp³-hybridized carbons (Fsp3) is 0. The van der Waals surface area contributed by atoms with E-state index in [2.05, 4.69) is 10.3 Å². The number of nitrogens with zero attached hydrogens (tertiary/aromatic N) is 1. The molecular formula is C13H8FIN2O3. The molecule has 0 aliphatic heterocycles. The van der Waals surface area contributed by atoms with E-state index in [1.165, 1.54) is 36.5 Å². The third kappa shape index (κ3) is 3.10. The van der Waals surface area contributed by atoms with Gasteiger partial charge in [0.15, 0.2) is 0 Å². The van der Waals surface area contributed by atoms with E-state index < -0.39 is 17.7 Å². The Kier molecular flexibility index (Phi) is 4.28. The number of anilines is 1. The van der Waals surface area contributed by atoms with Gasteiger partial charge in [0.1, 0.15) is 11.5 Å². The first-order chi connectivity index (χ1) is 9.49. The highest BCUT2D eigenvalue weighted by Gasteiger charge is 2.18. The van der Waals surface area contributed by atoms with Gasteiger partial charge in [0, 0.05) is 9.77 Å². The van der Waals surface area contributed by atoms with Crippen LogP contribution in [0.2, 0.25) is 0 Å². The number of halogens is 2. The summed E-state index contributed by atoms with van der Waals surface area (Å²) in [6.07, 6.45) is 1.33. The van der Waals surface area contributed by atoms with Gasteiger partial charge < -0.3 is 10.4 Å². The zero-order chi connectivity index (χ0) is 14.7. The molecule has 5 nitrogen and oxygen atoms in total. The van der Waals surface area contributed by atoms with Gasteiger partial charge in [-0.2, -0.15) is 0 Å². The molecule has 1 amide bonds. The summed E-state index contributed by atoms with van der Waals surface area (Å²) in [6.45, 7) is 0. The molecule has 2 aromatic rings. The number of benzene rings is 1. The molecule has 0 unspecified atom stereocenters. The first-order valence-corrected chi connectivity index (χ1v) is 6.51. The maximum atomic E-state index is 13.0. The highest BCUT2D eigenvalue weighted by Crippen LogP contribution is 2.20. The maximum absolute atomic E-state index is 13.0. The highest BCUT2D eigenvalue weighted by molar-refractivity contribution is 14.1. The first kappa shape index (κ1) is 14.4. The van der Waals surface area contributed by atoms with Gasteiger partial charge >= 0.3 is 5.97 Å². The zero-order valence-corrected chi connectivity index (χ0v) is 12.1. The smallest absolute Gasteiger partial charge is 0.338 e. The number of rotatable bonds is 3. The topological polar surface area (TPSA) is 79.3 Å². The van der Waals surface area contributed by atoms with Crippen LogP contribution in [0.4, 0.5) is 10.1 Å². The van der Waals surface area contributed by atoms with Gasteiger partial charge in [-0.05, 0) is 52.9 Å². The Balaban J connectivity index is 2.31. The fourth-order valence-electron chi connectivity index (χ4n) is 1.53. The lowest BCUT2D eigenvalue weighted by Gasteiger charge is -2.08. The Hall–Kier alpha value is -2.03. The SMILES string of the molecule is O=C(O)c1cccnc1C(=O)Nc1ccc(F)cc1I. The molecule has 0 bridgehead atoms. The van der Waals surface area contributed by atoms with Crippen molar-refractivity contribution in [2.24, 2.45) is 0 Å². The molecule has 0 fully saturated rings. The van der Waals surface area contributed by atoms with Crippen LogP contribution in [0.15, 0.2) is 36.5 Å². The fourth-order valence-corrected chi connectivity index (χ4v) is 2.14. The van der Waals surface area contributed by atoms with Gasteiger partial charge in [-0.1, -0.05) is 0 Å². The number of hydrogen-bond donors (Lipinski definition) is 2. The van der Waals surface area contributed by atoms with Crippen LogP contribution in [0.3, 0.4) is 0 Å². The standard InChI is InChI=1S/C13H8FIN2O3/c14-7-3-4-10(9(15)6-7)17-12(18)11-8(13(19)20)2-1-5-16-11/h1-6H,(H,17,18)(H,19,20). The molecule has 0 saturated heterocycles. The van der Waals surface area contributed by atoms with Crippen LogP contribution in [0.25, 0.3) is 0 Å². The van der Waals surface area contributed by atoms with Gasteiger partial charge in [-0.15, -0.1) is 0 Å². The van der Waals surface area contributed by atoms with E-state index in [1.54, 1.807) is 0 Å². The van der Waals surface area contributed by atoms with Crippen molar-refractivity contribution in [3.63, 3.8) is 0 Å². The summed E-state index contributed by atoms with van der Waals surface area (Å²) >= 11 is 1.87. The van der Waals surface area contributed by atoms with Crippen molar-refractivity contribution >= 4 is 40.2 Å². The van der Waals surface area contributed by atoms with Crippen LogP contribution in [0, 0.1) is 9.39 Å². The van der Waals surface area contributed by atoms with E-state index in [9.17, 15) is 14.0 Å². The quantitative estimate of drug-likeness (QED) is 0.796. The Labute approximate surface area is 127 Å². The number of carboxylic acid groups (broad SMARTS) is 1. The highest BCUT2D eigenvalue weighted by atomic mass is 127. The minimum absolute atomic E-state index is 0.192. The zero-order valence-electron chi connectivity index (χ0n) is 9.93. The molecular weight excluding hydrogens is 378 g/mol. The van der Waals surface area contributed by atoms with Crippen LogP contribution >= 0.6 is 22.6 Å². The van der Waals surface area contributed by atoms with E-state index >= 15 is 0 Å². The Bertz CT molecular complexity index is 691. The van der Waals surface area contributed by atoms with Gasteiger partial charge in [-0.25, -0.2) is 9.18 Å². The number of amides is 1. The molecule has 1 heterocycles. The van der Waals surface area contributed by atoms with Crippen LogP contribution in [0.5, 0.6) is 0 Å². The van der Waals surface area contributed by atoms with Crippen molar-refractivity contribution in [3.8, 4) is 0 Å². The number of aromatic carboxylic acids is 1. The molecule has 0 radical (unpaired) electrons. The second-order valence-electron chi connectivity index (χ2n) is 3.78. The molecule has 2 N–H and O–H groups in total. The lowest BCUT2D eigenvalue weighted by Crippen LogP contribution is -2.18. The third-order valence-electron chi connectivity index (χ3n) is 2.43. The second kappa shape index (κ2) is 5.95. The van der Waals surface area contributed by atoms with Crippen LogP contribution in [-0.4, -0.2) is 22.0 Å². The molecule has 0 aliphatic rings. The van der Waals surface area contributed by atoms with Gasteiger partial charge in [0.05, 0.1) is 11.3 Å². The molecule has 1 aromatic heterocycles. The molecule has 7 heteroatoms. The molecule has 2 rings (SSSR count). The summed E-state index contributed by atoms with van der Waals surface area (Å²) in [6, 6.07) is 6.58. The largest absolute Gasteiger partial charge is 0.478 e. The minimum atomic E-state index is -1.24. The average molecular weight is 386 g/mol. The van der Waals surface area contributed by atoms with Crippen molar-refractivity contribution in [2.75, 3.05) is 5.32 Å². The molecule has 0 aliphatic carbocycles. The maximum Gasteiger partial charge on any atom is 0.338 e. The van der Waals surface area contributed by atoms with Crippen molar-refractivity contribution in [1.29, 1.82) is 0 Å². The van der Waals surface area contributed by atoms with E-state index in [-0.39, 0.29) is 11.3 Å². The number of carbonyl (C=O) groups is 2. The molecule has 0 atom stereocenters. The van der Waals surface area contributed by atoms with Crippen LogP contribution < -0.4 is 5.32 Å². The summed E-state index contributed by atoms with van der Waals surface area (Å²) < 4.78 is 13.5. The first-order valence-electron chi connectivity index (χ1n) is 5.44. The minimum Gasteiger partial charge on any atom is -0.478 e. The summed E-state index contributed by atoms with van der Waals surface area (Å²) in [5, 5.41) is 11.5. The molecule has 20 heavy (non-hydrogen) atoms. The summed E-state index contributed by atoms with van der Waals surface area (Å²) in [5.41, 5.74) is 0.00115. The van der Waals surface area contributed by atoms with Crippen LogP contribution in [0.1, 0.15) is 20.8 Å². The van der Waals surface area contributed by atoms with E-state index in [1.807, 2.05) is 22.6 Å². The predicted molar refractivity (Wildman–Crippen MR) is 78.3 cm³/mol. The number of pyridine rings is 1. The summed E-state index contributed by atoms with van der Waals surface area (Å²) in [5.74, 6) is -2.32. The summed E-state index contributed by atoms with van der Waals surface area (Å²) in [4.78, 5) is 26.8. The van der Waals surface area contributed by atoms with Gasteiger partial charge in [0.25, 0.3) is 5.91 Å². The Morgan fingerprint density at radius 3 is 2.70 bits per heavy atom. The second-order valence-corrected chi connectivity index (χ2v) is 4.95. The number of nitrogens with one attached hydrogen (secondary N) is 1. The Morgan fingerprint density at radius 2 is 2.05 bits per heavy atom. The van der Waals surface area contributed by atoms with Crippen molar-refractivity contribution in [2.45, 2.75) is 0 Å². The third-order valence-corrected chi connectivity index (χ3v) is 3.33. The van der Waals surface area contributed by atoms with Crippen molar-refractivity contribution in [3.05, 3.63) is 57.2 Å². The lowest BCUT2D eigenvalue weighted by atomic mass is 10.2. The molecule has 0 saturated carbocycles. The Morgan fingerprint density at radius 1 is 1.30 bits per heavy atom. The molecule has 102 valence electrons. The number of carbonyl (C=O) groups excluding carboxylic acids is 1. The van der Waals surface area contributed by atoms with Crippen molar-refractivity contribution < 1.29 is 19.1 Å². The van der Waals surface area contributed by atoms with Gasteiger partial charge in [0.2, 0.25) is 0 Å². The molecule has 1 aromatic carbocycles. The normalized spacial score (nSPS) is 10.1. The van der Waals surface area contributed by atoms with Gasteiger partial charge in [-0.3, -0.25) is 9.78 Å². The average Bonchev–Trinajstić information content (AvgIpc) is 2.41. The number of carboxylic acids is 1. The summed E-state index contributed by atoms with van der Waals surface area (Å²) in [7, 11) is 0. The van der Waals surface area contributed by atoms with E-state index in [0.717, 1.165) is 0 Å². The number of aromatic nitrogens is 1. The van der Waals surface area contributed by atoms with Crippen LogP contribution in [-0.2, 0) is 0 Å². The van der Waals surface area contributed by atoms with Crippen molar-refractivity contribution in [1.82, 2.24) is 4.98 Å². The van der Waals surface area contributed by atoms with E-state index in [0.29, 0.717) is 9.26 Å². The number of hydrogen-bond acceptors (Lipinski definition) is 3. The predicted octanol–water partition coefficient (Wildman–Crippen LogP) is 2.78. The molecule has 0 spiro atoms. The monoisotopic (exact) mass is 386 g/mol. The van der Waals surface area contributed by atoms with E-state index in [4.69, 9.17) is 5.11 Å². The lowest BCUT2D eigenvalue weighted by molar-refractivity contribution is 0.0691.